The SMILES string of the molecule is CN(CCNc1n[nH]c(=S)s1)C1CCCC1. The highest BCUT2D eigenvalue weighted by atomic mass is 32.1. The van der Waals surface area contributed by atoms with Crippen LogP contribution in [0.1, 0.15) is 25.7 Å². The number of nitrogens with zero attached hydrogens (tertiary/aromatic N) is 2. The fraction of sp³-hybridized carbons (Fsp3) is 0.800. The summed E-state index contributed by atoms with van der Waals surface area (Å²) in [6.07, 6.45) is 5.50. The molecule has 1 aromatic rings. The van der Waals surface area contributed by atoms with Gasteiger partial charge in [-0.3, -0.25) is 5.10 Å². The van der Waals surface area contributed by atoms with E-state index in [0.717, 1.165) is 28.2 Å². The summed E-state index contributed by atoms with van der Waals surface area (Å²) < 4.78 is 0.728. The number of nitrogens with one attached hydrogen (secondary N) is 2. The Balaban J connectivity index is 1.69. The zero-order valence-corrected chi connectivity index (χ0v) is 11.2. The van der Waals surface area contributed by atoms with Crippen molar-refractivity contribution in [2.75, 3.05) is 25.5 Å². The minimum Gasteiger partial charge on any atom is -0.359 e. The van der Waals surface area contributed by atoms with Crippen LogP contribution in [-0.2, 0) is 0 Å². The summed E-state index contributed by atoms with van der Waals surface area (Å²) >= 11 is 6.46. The summed E-state index contributed by atoms with van der Waals surface area (Å²) in [6.45, 7) is 2.00. The van der Waals surface area contributed by atoms with Crippen LogP contribution in [0.15, 0.2) is 0 Å². The highest BCUT2D eigenvalue weighted by molar-refractivity contribution is 7.73. The molecule has 1 fully saturated rings. The van der Waals surface area contributed by atoms with Gasteiger partial charge in [0.05, 0.1) is 0 Å². The number of rotatable bonds is 5. The van der Waals surface area contributed by atoms with Crippen LogP contribution >= 0.6 is 23.6 Å². The molecule has 6 heteroatoms. The molecular formula is C10H18N4S2. The van der Waals surface area contributed by atoms with Crippen molar-refractivity contribution in [2.45, 2.75) is 31.7 Å². The monoisotopic (exact) mass is 258 g/mol. The third kappa shape index (κ3) is 3.26. The summed E-state index contributed by atoms with van der Waals surface area (Å²) in [4.78, 5) is 2.45. The minimum absolute atomic E-state index is 0.728. The fourth-order valence-corrected chi connectivity index (χ4v) is 2.99. The van der Waals surface area contributed by atoms with Crippen molar-refractivity contribution in [3.05, 3.63) is 3.95 Å². The Hall–Kier alpha value is -0.460. The fourth-order valence-electron chi connectivity index (χ4n) is 2.17. The third-order valence-electron chi connectivity index (χ3n) is 3.13. The molecule has 2 rings (SSSR count). The topological polar surface area (TPSA) is 44.0 Å². The Morgan fingerprint density at radius 2 is 2.31 bits per heavy atom. The van der Waals surface area contributed by atoms with Crippen molar-refractivity contribution in [2.24, 2.45) is 0 Å². The summed E-state index contributed by atoms with van der Waals surface area (Å²) in [5.41, 5.74) is 0. The molecule has 4 nitrogen and oxygen atoms in total. The number of H-pyrrole nitrogens is 1. The van der Waals surface area contributed by atoms with Crippen molar-refractivity contribution in [3.63, 3.8) is 0 Å². The van der Waals surface area contributed by atoms with E-state index >= 15 is 0 Å². The van der Waals surface area contributed by atoms with Crippen molar-refractivity contribution in [3.8, 4) is 0 Å². The second-order valence-corrected chi connectivity index (χ2v) is 5.93. The molecule has 0 unspecified atom stereocenters. The second-order valence-electron chi connectivity index (χ2n) is 4.26. The maximum Gasteiger partial charge on any atom is 0.204 e. The number of anilines is 1. The highest BCUT2D eigenvalue weighted by Gasteiger charge is 2.18. The molecule has 0 atom stereocenters. The zero-order valence-electron chi connectivity index (χ0n) is 9.53. The molecule has 0 amide bonds. The molecule has 2 N–H and O–H groups in total. The van der Waals surface area contributed by atoms with Gasteiger partial charge in [0.2, 0.25) is 5.13 Å². The lowest BCUT2D eigenvalue weighted by Crippen LogP contribution is -2.33. The van der Waals surface area contributed by atoms with Gasteiger partial charge in [0.25, 0.3) is 0 Å². The molecule has 0 aromatic carbocycles. The summed E-state index contributed by atoms with van der Waals surface area (Å²) in [5.74, 6) is 0. The first-order chi connectivity index (χ1) is 7.75. The quantitative estimate of drug-likeness (QED) is 0.796. The zero-order chi connectivity index (χ0) is 11.4. The Morgan fingerprint density at radius 1 is 1.56 bits per heavy atom. The van der Waals surface area contributed by atoms with Gasteiger partial charge >= 0.3 is 0 Å². The van der Waals surface area contributed by atoms with E-state index < -0.39 is 0 Å². The van der Waals surface area contributed by atoms with E-state index in [1.165, 1.54) is 37.0 Å². The standard InChI is InChI=1S/C10H18N4S2/c1-14(8-4-2-3-5-8)7-6-11-9-12-13-10(15)16-9/h8H,2-7H2,1H3,(H,11,12)(H,13,15). The van der Waals surface area contributed by atoms with Crippen LogP contribution in [0.2, 0.25) is 0 Å². The van der Waals surface area contributed by atoms with Crippen LogP contribution in [0, 0.1) is 3.95 Å². The van der Waals surface area contributed by atoms with E-state index in [-0.39, 0.29) is 0 Å². The predicted octanol–water partition coefficient (Wildman–Crippen LogP) is 2.49. The van der Waals surface area contributed by atoms with Gasteiger partial charge in [-0.25, -0.2) is 0 Å². The largest absolute Gasteiger partial charge is 0.359 e. The van der Waals surface area contributed by atoms with Crippen molar-refractivity contribution in [1.82, 2.24) is 15.1 Å². The maximum atomic E-state index is 4.97. The lowest BCUT2D eigenvalue weighted by atomic mass is 10.2. The summed E-state index contributed by atoms with van der Waals surface area (Å²) in [7, 11) is 2.21. The van der Waals surface area contributed by atoms with E-state index in [1.54, 1.807) is 0 Å². The molecule has 90 valence electrons. The molecule has 0 radical (unpaired) electrons. The van der Waals surface area contributed by atoms with Gasteiger partial charge in [0.15, 0.2) is 3.95 Å². The Bertz CT molecular complexity index is 367. The smallest absolute Gasteiger partial charge is 0.204 e. The van der Waals surface area contributed by atoms with Crippen LogP contribution in [0.4, 0.5) is 5.13 Å². The molecule has 1 aliphatic carbocycles. The van der Waals surface area contributed by atoms with Gasteiger partial charge in [-0.1, -0.05) is 24.2 Å². The third-order valence-corrected chi connectivity index (χ3v) is 4.17. The van der Waals surface area contributed by atoms with Crippen molar-refractivity contribution >= 4 is 28.7 Å². The number of hydrogen-bond donors (Lipinski definition) is 2. The summed E-state index contributed by atoms with van der Waals surface area (Å²) in [6, 6.07) is 0.791. The maximum absolute atomic E-state index is 4.97. The van der Waals surface area contributed by atoms with E-state index in [9.17, 15) is 0 Å². The average molecular weight is 258 g/mol. The van der Waals surface area contributed by atoms with Gasteiger partial charge in [0, 0.05) is 19.1 Å². The van der Waals surface area contributed by atoms with E-state index in [1.807, 2.05) is 0 Å². The van der Waals surface area contributed by atoms with Gasteiger partial charge < -0.3 is 10.2 Å². The Morgan fingerprint density at radius 3 is 2.94 bits per heavy atom. The Labute approximate surface area is 105 Å². The lowest BCUT2D eigenvalue weighted by molar-refractivity contribution is 0.254. The molecule has 1 saturated carbocycles. The second kappa shape index (κ2) is 5.75. The van der Waals surface area contributed by atoms with Crippen LogP contribution in [-0.4, -0.2) is 41.3 Å². The number of aromatic amines is 1. The van der Waals surface area contributed by atoms with Crippen LogP contribution in [0.3, 0.4) is 0 Å². The van der Waals surface area contributed by atoms with E-state index in [4.69, 9.17) is 12.2 Å². The Kier molecular flexibility index (Phi) is 4.31. The molecule has 0 spiro atoms. The van der Waals surface area contributed by atoms with Gasteiger partial charge in [-0.05, 0) is 32.1 Å². The lowest BCUT2D eigenvalue weighted by Gasteiger charge is -2.23. The summed E-state index contributed by atoms with van der Waals surface area (Å²) in [5, 5.41) is 11.0. The molecule has 1 aliphatic rings. The highest BCUT2D eigenvalue weighted by Crippen LogP contribution is 2.22. The first-order valence-corrected chi connectivity index (χ1v) is 6.98. The van der Waals surface area contributed by atoms with Crippen LogP contribution in [0.25, 0.3) is 0 Å². The first kappa shape index (κ1) is 12.0. The van der Waals surface area contributed by atoms with Crippen LogP contribution < -0.4 is 5.32 Å². The molecule has 16 heavy (non-hydrogen) atoms. The molecule has 0 aliphatic heterocycles. The van der Waals surface area contributed by atoms with Crippen molar-refractivity contribution in [1.29, 1.82) is 0 Å². The molecule has 1 heterocycles. The van der Waals surface area contributed by atoms with Crippen molar-refractivity contribution < 1.29 is 0 Å². The number of hydrogen-bond acceptors (Lipinski definition) is 5. The molecular weight excluding hydrogens is 240 g/mol. The molecule has 0 saturated heterocycles. The van der Waals surface area contributed by atoms with Gasteiger partial charge in [-0.15, -0.1) is 5.10 Å². The first-order valence-electron chi connectivity index (χ1n) is 5.75. The van der Waals surface area contributed by atoms with Crippen LogP contribution in [0.5, 0.6) is 0 Å². The average Bonchev–Trinajstić information content (AvgIpc) is 2.89. The van der Waals surface area contributed by atoms with Gasteiger partial charge in [-0.2, -0.15) is 0 Å². The molecule has 0 bridgehead atoms. The van der Waals surface area contributed by atoms with Gasteiger partial charge in [0.1, 0.15) is 0 Å². The molecule has 1 aromatic heterocycles. The minimum atomic E-state index is 0.728. The number of likely N-dealkylation sites (N-methyl/N-ethyl adjacent to an activating group) is 1. The number of aromatic nitrogens is 2. The van der Waals surface area contributed by atoms with E-state index in [0.29, 0.717) is 0 Å². The van der Waals surface area contributed by atoms with E-state index in [2.05, 4.69) is 27.5 Å². The predicted molar refractivity (Wildman–Crippen MR) is 70.7 cm³/mol. The normalized spacial score (nSPS) is 17.1.